The summed E-state index contributed by atoms with van der Waals surface area (Å²) < 4.78 is 24.0. The topological polar surface area (TPSA) is 39.4 Å². The number of hydrogen-bond acceptors (Lipinski definition) is 3. The SMILES string of the molecule is CCOC(C(=O)c1cc2cc(F)ccc2o1)C(C)C. The highest BCUT2D eigenvalue weighted by Gasteiger charge is 2.26. The lowest BCUT2D eigenvalue weighted by Gasteiger charge is -2.17. The van der Waals surface area contributed by atoms with E-state index in [2.05, 4.69) is 0 Å². The number of rotatable bonds is 5. The third kappa shape index (κ3) is 2.84. The van der Waals surface area contributed by atoms with Gasteiger partial charge in [-0.25, -0.2) is 4.39 Å². The van der Waals surface area contributed by atoms with Crippen LogP contribution < -0.4 is 0 Å². The van der Waals surface area contributed by atoms with Crippen LogP contribution in [-0.2, 0) is 4.74 Å². The summed E-state index contributed by atoms with van der Waals surface area (Å²) in [5, 5.41) is 0.586. The number of Topliss-reactive ketones (excluding diaryl/α,β-unsaturated/α-hetero) is 1. The molecule has 1 aromatic carbocycles. The smallest absolute Gasteiger partial charge is 0.226 e. The molecule has 0 spiro atoms. The first kappa shape index (κ1) is 13.7. The highest BCUT2D eigenvalue weighted by Crippen LogP contribution is 2.23. The van der Waals surface area contributed by atoms with Crippen LogP contribution in [0.25, 0.3) is 11.0 Å². The number of hydrogen-bond donors (Lipinski definition) is 0. The molecule has 0 bridgehead atoms. The van der Waals surface area contributed by atoms with Crippen molar-refractivity contribution in [3.8, 4) is 0 Å². The van der Waals surface area contributed by atoms with Gasteiger partial charge in [-0.05, 0) is 37.1 Å². The van der Waals surface area contributed by atoms with E-state index in [1.54, 1.807) is 6.07 Å². The molecule has 0 amide bonds. The maximum absolute atomic E-state index is 13.1. The average Bonchev–Trinajstić information content (AvgIpc) is 2.77. The molecule has 0 radical (unpaired) electrons. The number of carbonyl (C=O) groups is 1. The van der Waals surface area contributed by atoms with Crippen LogP contribution in [0.3, 0.4) is 0 Å². The first-order valence-corrected chi connectivity index (χ1v) is 6.37. The average molecular weight is 264 g/mol. The Bertz CT molecular complexity index is 586. The molecular formula is C15H17FO3. The first-order chi connectivity index (χ1) is 9.02. The highest BCUT2D eigenvalue weighted by atomic mass is 19.1. The third-order valence-electron chi connectivity index (χ3n) is 2.93. The predicted octanol–water partition coefficient (Wildman–Crippen LogP) is 3.82. The zero-order valence-electron chi connectivity index (χ0n) is 11.3. The Labute approximate surface area is 111 Å². The van der Waals surface area contributed by atoms with E-state index >= 15 is 0 Å². The van der Waals surface area contributed by atoms with Crippen LogP contribution in [0.2, 0.25) is 0 Å². The van der Waals surface area contributed by atoms with Gasteiger partial charge >= 0.3 is 0 Å². The maximum atomic E-state index is 13.1. The van der Waals surface area contributed by atoms with Gasteiger partial charge in [-0.1, -0.05) is 13.8 Å². The van der Waals surface area contributed by atoms with Crippen molar-refractivity contribution in [2.24, 2.45) is 5.92 Å². The van der Waals surface area contributed by atoms with Gasteiger partial charge in [-0.3, -0.25) is 4.79 Å². The predicted molar refractivity (Wildman–Crippen MR) is 70.8 cm³/mol. The van der Waals surface area contributed by atoms with Crippen LogP contribution in [0.5, 0.6) is 0 Å². The quantitative estimate of drug-likeness (QED) is 0.771. The molecule has 4 heteroatoms. The Morgan fingerprint density at radius 1 is 1.37 bits per heavy atom. The lowest BCUT2D eigenvalue weighted by molar-refractivity contribution is 0.0259. The van der Waals surface area contributed by atoms with Crippen molar-refractivity contribution in [3.63, 3.8) is 0 Å². The molecule has 1 aromatic heterocycles. The van der Waals surface area contributed by atoms with E-state index in [0.29, 0.717) is 17.6 Å². The molecule has 0 aliphatic rings. The van der Waals surface area contributed by atoms with Gasteiger partial charge in [0.05, 0.1) is 0 Å². The molecule has 1 heterocycles. The molecule has 3 nitrogen and oxygen atoms in total. The summed E-state index contributed by atoms with van der Waals surface area (Å²) in [5.74, 6) is -0.281. The molecule has 0 saturated heterocycles. The van der Waals surface area contributed by atoms with E-state index in [0.717, 1.165) is 0 Å². The van der Waals surface area contributed by atoms with Gasteiger partial charge in [0.1, 0.15) is 17.5 Å². The number of fused-ring (bicyclic) bond motifs is 1. The van der Waals surface area contributed by atoms with Crippen molar-refractivity contribution in [1.82, 2.24) is 0 Å². The number of furan rings is 1. The van der Waals surface area contributed by atoms with E-state index in [1.165, 1.54) is 18.2 Å². The molecular weight excluding hydrogens is 247 g/mol. The Balaban J connectivity index is 2.34. The largest absolute Gasteiger partial charge is 0.453 e. The minimum Gasteiger partial charge on any atom is -0.453 e. The van der Waals surface area contributed by atoms with Crippen LogP contribution in [0.1, 0.15) is 31.3 Å². The summed E-state index contributed by atoms with van der Waals surface area (Å²) in [5.41, 5.74) is 0.503. The van der Waals surface area contributed by atoms with Crippen LogP contribution in [-0.4, -0.2) is 18.5 Å². The zero-order valence-corrected chi connectivity index (χ0v) is 11.3. The van der Waals surface area contributed by atoms with Crippen LogP contribution in [0.15, 0.2) is 28.7 Å². The van der Waals surface area contributed by atoms with E-state index in [9.17, 15) is 9.18 Å². The molecule has 2 aromatic rings. The van der Waals surface area contributed by atoms with Crippen molar-refractivity contribution >= 4 is 16.8 Å². The summed E-state index contributed by atoms with van der Waals surface area (Å²) in [7, 11) is 0. The zero-order chi connectivity index (χ0) is 14.0. The van der Waals surface area contributed by atoms with E-state index in [-0.39, 0.29) is 23.3 Å². The number of ether oxygens (including phenoxy) is 1. The summed E-state index contributed by atoms with van der Waals surface area (Å²) in [6, 6.07) is 5.74. The molecule has 19 heavy (non-hydrogen) atoms. The maximum Gasteiger partial charge on any atom is 0.226 e. The summed E-state index contributed by atoms with van der Waals surface area (Å²) in [6.45, 7) is 6.14. The van der Waals surface area contributed by atoms with Gasteiger partial charge in [-0.2, -0.15) is 0 Å². The van der Waals surface area contributed by atoms with Crippen molar-refractivity contribution in [2.45, 2.75) is 26.9 Å². The van der Waals surface area contributed by atoms with Gasteiger partial charge in [-0.15, -0.1) is 0 Å². The molecule has 0 aliphatic carbocycles. The molecule has 1 atom stereocenters. The second-order valence-corrected chi connectivity index (χ2v) is 4.78. The fourth-order valence-electron chi connectivity index (χ4n) is 2.03. The lowest BCUT2D eigenvalue weighted by Crippen LogP contribution is -2.29. The minimum atomic E-state index is -0.532. The van der Waals surface area contributed by atoms with Gasteiger partial charge in [0.2, 0.25) is 5.78 Å². The monoisotopic (exact) mass is 264 g/mol. The van der Waals surface area contributed by atoms with E-state index < -0.39 is 6.10 Å². The van der Waals surface area contributed by atoms with Crippen LogP contribution in [0, 0.1) is 11.7 Å². The van der Waals surface area contributed by atoms with Gasteiger partial charge in [0, 0.05) is 12.0 Å². The molecule has 1 unspecified atom stereocenters. The van der Waals surface area contributed by atoms with E-state index in [1.807, 2.05) is 20.8 Å². The molecule has 0 aliphatic heterocycles. The Hall–Kier alpha value is -1.68. The normalized spacial score (nSPS) is 13.1. The van der Waals surface area contributed by atoms with Crippen LogP contribution in [0.4, 0.5) is 4.39 Å². The summed E-state index contributed by atoms with van der Waals surface area (Å²) >= 11 is 0. The second-order valence-electron chi connectivity index (χ2n) is 4.78. The Morgan fingerprint density at radius 2 is 2.11 bits per heavy atom. The molecule has 2 rings (SSSR count). The number of carbonyl (C=O) groups excluding carboxylic acids is 1. The van der Waals surface area contributed by atoms with Crippen LogP contribution >= 0.6 is 0 Å². The fourth-order valence-corrected chi connectivity index (χ4v) is 2.03. The molecule has 102 valence electrons. The number of ketones is 1. The minimum absolute atomic E-state index is 0.0531. The van der Waals surface area contributed by atoms with Gasteiger partial charge in [0.25, 0.3) is 0 Å². The molecule has 0 fully saturated rings. The van der Waals surface area contributed by atoms with Crippen molar-refractivity contribution in [1.29, 1.82) is 0 Å². The third-order valence-corrected chi connectivity index (χ3v) is 2.93. The second kappa shape index (κ2) is 5.53. The number of halogens is 1. The molecule has 0 N–H and O–H groups in total. The Kier molecular flexibility index (Phi) is 4.00. The standard InChI is InChI=1S/C15H17FO3/c1-4-18-15(9(2)3)14(17)13-8-10-7-11(16)5-6-12(10)19-13/h5-9,15H,4H2,1-3H3. The molecule has 0 saturated carbocycles. The van der Waals surface area contributed by atoms with Crippen molar-refractivity contribution in [3.05, 3.63) is 35.8 Å². The number of benzene rings is 1. The first-order valence-electron chi connectivity index (χ1n) is 6.37. The highest BCUT2D eigenvalue weighted by molar-refractivity contribution is 6.00. The fraction of sp³-hybridized carbons (Fsp3) is 0.400. The van der Waals surface area contributed by atoms with Gasteiger partial charge in [0.15, 0.2) is 5.76 Å². The summed E-state index contributed by atoms with van der Waals surface area (Å²) in [4.78, 5) is 12.3. The van der Waals surface area contributed by atoms with Crippen molar-refractivity contribution < 1.29 is 18.3 Å². The van der Waals surface area contributed by atoms with Gasteiger partial charge < -0.3 is 9.15 Å². The summed E-state index contributed by atoms with van der Waals surface area (Å²) in [6.07, 6.45) is -0.532. The lowest BCUT2D eigenvalue weighted by atomic mass is 10.0. The Morgan fingerprint density at radius 3 is 2.74 bits per heavy atom. The van der Waals surface area contributed by atoms with Crippen molar-refractivity contribution in [2.75, 3.05) is 6.61 Å². The van der Waals surface area contributed by atoms with E-state index in [4.69, 9.17) is 9.15 Å².